The summed E-state index contributed by atoms with van der Waals surface area (Å²) >= 11 is 0. The van der Waals surface area contributed by atoms with Crippen LogP contribution < -0.4 is 10.6 Å². The first kappa shape index (κ1) is 39.0. The molecule has 14 nitrogen and oxygen atoms in total. The van der Waals surface area contributed by atoms with E-state index in [-0.39, 0.29) is 29.7 Å². The molecular formula is C41H52N8O6. The minimum atomic E-state index is -0.708. The summed E-state index contributed by atoms with van der Waals surface area (Å²) in [7, 11) is 2.58. The van der Waals surface area contributed by atoms with Crippen molar-refractivity contribution in [3.05, 3.63) is 72.6 Å². The van der Waals surface area contributed by atoms with Gasteiger partial charge in [0, 0.05) is 13.1 Å². The SMILES string of the molecule is COC(=O)NC(C(=O)N1CCCC1c1ncc(-c2ccc(-c3ccc(-c4cnc([C@]5(C)CCCN5C(=O)[C@@H](NC(=O)OC)C(C)C)[nH]4)cc3)cc2)[nH]1)C(C)C. The number of aromatic nitrogens is 4. The maximum atomic E-state index is 13.7. The molecular weight excluding hydrogens is 701 g/mol. The molecule has 2 aliphatic heterocycles. The van der Waals surface area contributed by atoms with Crippen molar-refractivity contribution in [1.82, 2.24) is 40.4 Å². The number of hydrogen-bond acceptors (Lipinski definition) is 8. The number of ether oxygens (including phenoxy) is 2. The minimum absolute atomic E-state index is 0.105. The van der Waals surface area contributed by atoms with Crippen LogP contribution in [0, 0.1) is 11.8 Å². The summed E-state index contributed by atoms with van der Waals surface area (Å²) in [5, 5.41) is 5.40. The normalized spacial score (nSPS) is 19.4. The molecule has 4 aromatic rings. The van der Waals surface area contributed by atoms with Crippen LogP contribution in [0.4, 0.5) is 9.59 Å². The highest BCUT2D eigenvalue weighted by molar-refractivity contribution is 5.87. The third kappa shape index (κ3) is 8.08. The van der Waals surface area contributed by atoms with Crippen LogP contribution in [0.25, 0.3) is 33.6 Å². The number of amides is 4. The monoisotopic (exact) mass is 752 g/mol. The Hall–Kier alpha value is -5.66. The zero-order valence-corrected chi connectivity index (χ0v) is 32.6. The Labute approximate surface area is 321 Å². The molecule has 4 N–H and O–H groups in total. The number of likely N-dealkylation sites (tertiary alicyclic amines) is 2. The lowest BCUT2D eigenvalue weighted by atomic mass is 9.95. The number of H-pyrrole nitrogens is 2. The van der Waals surface area contributed by atoms with E-state index in [0.717, 1.165) is 65.1 Å². The van der Waals surface area contributed by atoms with Crippen LogP contribution in [0.15, 0.2) is 60.9 Å². The number of hydrogen-bond donors (Lipinski definition) is 4. The predicted octanol–water partition coefficient (Wildman–Crippen LogP) is 6.40. The van der Waals surface area contributed by atoms with Gasteiger partial charge >= 0.3 is 12.2 Å². The van der Waals surface area contributed by atoms with Crippen LogP contribution in [0.5, 0.6) is 0 Å². The van der Waals surface area contributed by atoms with E-state index in [1.165, 1.54) is 14.2 Å². The molecule has 2 saturated heterocycles. The van der Waals surface area contributed by atoms with E-state index in [1.807, 2.05) is 51.7 Å². The summed E-state index contributed by atoms with van der Waals surface area (Å²) in [5.74, 6) is 0.910. The smallest absolute Gasteiger partial charge is 0.407 e. The number of methoxy groups -OCH3 is 2. The lowest BCUT2D eigenvalue weighted by Gasteiger charge is -2.37. The van der Waals surface area contributed by atoms with Crippen molar-refractivity contribution >= 4 is 24.0 Å². The Bertz CT molecular complexity index is 1990. The lowest BCUT2D eigenvalue weighted by molar-refractivity contribution is -0.138. The molecule has 0 aliphatic carbocycles. The van der Waals surface area contributed by atoms with Crippen molar-refractivity contribution in [3.63, 3.8) is 0 Å². The summed E-state index contributed by atoms with van der Waals surface area (Å²) in [6.07, 6.45) is 5.55. The molecule has 292 valence electrons. The van der Waals surface area contributed by atoms with E-state index in [9.17, 15) is 19.2 Å². The zero-order valence-electron chi connectivity index (χ0n) is 32.6. The lowest BCUT2D eigenvalue weighted by Crippen LogP contribution is -2.55. The second kappa shape index (κ2) is 16.4. The molecule has 2 aromatic carbocycles. The van der Waals surface area contributed by atoms with Gasteiger partial charge in [-0.1, -0.05) is 76.2 Å². The minimum Gasteiger partial charge on any atom is -0.453 e. The second-order valence-corrected chi connectivity index (χ2v) is 15.3. The fraction of sp³-hybridized carbons (Fsp3) is 0.463. The number of carbonyl (C=O) groups is 4. The number of nitrogens with one attached hydrogen (secondary N) is 4. The van der Waals surface area contributed by atoms with E-state index in [1.54, 1.807) is 17.3 Å². The molecule has 0 spiro atoms. The van der Waals surface area contributed by atoms with Gasteiger partial charge in [0.25, 0.3) is 0 Å². The van der Waals surface area contributed by atoms with E-state index >= 15 is 0 Å². The molecule has 2 fully saturated rings. The highest BCUT2D eigenvalue weighted by Gasteiger charge is 2.46. The number of benzene rings is 2. The first-order valence-corrected chi connectivity index (χ1v) is 19.0. The molecule has 2 unspecified atom stereocenters. The molecule has 2 aromatic heterocycles. The van der Waals surface area contributed by atoms with E-state index in [4.69, 9.17) is 14.5 Å². The van der Waals surface area contributed by atoms with Gasteiger partial charge in [-0.15, -0.1) is 0 Å². The summed E-state index contributed by atoms with van der Waals surface area (Å²) < 4.78 is 9.53. The van der Waals surface area contributed by atoms with Gasteiger partial charge in [0.1, 0.15) is 23.7 Å². The quantitative estimate of drug-likeness (QED) is 0.136. The van der Waals surface area contributed by atoms with Crippen LogP contribution in [-0.2, 0) is 24.6 Å². The first-order valence-electron chi connectivity index (χ1n) is 19.0. The number of nitrogens with zero attached hydrogens (tertiary/aromatic N) is 4. The molecule has 0 bridgehead atoms. The fourth-order valence-electron chi connectivity index (χ4n) is 7.70. The Morgan fingerprint density at radius 3 is 1.78 bits per heavy atom. The molecule has 14 heteroatoms. The Morgan fingerprint density at radius 1 is 0.727 bits per heavy atom. The van der Waals surface area contributed by atoms with E-state index < -0.39 is 29.8 Å². The average molecular weight is 753 g/mol. The zero-order chi connectivity index (χ0) is 39.4. The maximum Gasteiger partial charge on any atom is 0.407 e. The van der Waals surface area contributed by atoms with Crippen molar-refractivity contribution < 1.29 is 28.7 Å². The molecule has 0 saturated carbocycles. The average Bonchev–Trinajstić information content (AvgIpc) is 4.02. The molecule has 2 aliphatic rings. The van der Waals surface area contributed by atoms with Crippen LogP contribution in [0.1, 0.15) is 78.0 Å². The van der Waals surface area contributed by atoms with Crippen LogP contribution in [0.2, 0.25) is 0 Å². The van der Waals surface area contributed by atoms with E-state index in [2.05, 4.69) is 62.0 Å². The molecule has 4 atom stereocenters. The Morgan fingerprint density at radius 2 is 1.24 bits per heavy atom. The van der Waals surface area contributed by atoms with Crippen molar-refractivity contribution in [2.24, 2.45) is 11.8 Å². The number of alkyl carbamates (subject to hydrolysis) is 2. The van der Waals surface area contributed by atoms with Gasteiger partial charge in [-0.25, -0.2) is 19.6 Å². The largest absolute Gasteiger partial charge is 0.453 e. The molecule has 4 heterocycles. The van der Waals surface area contributed by atoms with Gasteiger partial charge in [0.05, 0.1) is 49.6 Å². The molecule has 4 amide bonds. The van der Waals surface area contributed by atoms with Crippen LogP contribution in [-0.4, -0.2) is 93.1 Å². The van der Waals surface area contributed by atoms with Crippen LogP contribution >= 0.6 is 0 Å². The highest BCUT2D eigenvalue weighted by Crippen LogP contribution is 2.39. The van der Waals surface area contributed by atoms with Gasteiger partial charge < -0.3 is 39.9 Å². The van der Waals surface area contributed by atoms with Crippen molar-refractivity contribution in [2.45, 2.75) is 84.0 Å². The predicted molar refractivity (Wildman–Crippen MR) is 207 cm³/mol. The Balaban J connectivity index is 1.12. The highest BCUT2D eigenvalue weighted by atomic mass is 16.5. The van der Waals surface area contributed by atoms with Gasteiger partial charge in [0.2, 0.25) is 11.8 Å². The number of aromatic amines is 2. The van der Waals surface area contributed by atoms with Crippen molar-refractivity contribution in [1.29, 1.82) is 0 Å². The summed E-state index contributed by atoms with van der Waals surface area (Å²) in [6, 6.07) is 14.9. The number of imidazole rings is 2. The summed E-state index contributed by atoms with van der Waals surface area (Å²) in [5.41, 5.74) is 5.11. The molecule has 0 radical (unpaired) electrons. The van der Waals surface area contributed by atoms with E-state index in [0.29, 0.717) is 18.9 Å². The first-order chi connectivity index (χ1) is 26.3. The third-order valence-corrected chi connectivity index (χ3v) is 10.9. The topological polar surface area (TPSA) is 175 Å². The van der Waals surface area contributed by atoms with Gasteiger partial charge in [0.15, 0.2) is 0 Å². The number of carbonyl (C=O) groups excluding carboxylic acids is 4. The molecule has 55 heavy (non-hydrogen) atoms. The van der Waals surface area contributed by atoms with Crippen molar-refractivity contribution in [2.75, 3.05) is 27.3 Å². The summed E-state index contributed by atoms with van der Waals surface area (Å²) in [6.45, 7) is 10.8. The standard InChI is InChI=1S/C41H52N8O6/c1-24(2)33(46-39(52)54-6)36(50)48-20-8-10-32(48)35-42-22-30(44-35)28-15-11-26(12-16-28)27-13-17-29(18-14-27)31-23-43-38(45-31)41(5)19-9-21-49(41)37(51)34(25(3)4)47-40(53)55-7/h11-18,22-25,32-34H,8-10,19-21H2,1-7H3,(H,42,44)(H,43,45)(H,46,52)(H,47,53)/t32?,33?,34-,41-/m0/s1. The fourth-order valence-corrected chi connectivity index (χ4v) is 7.70. The maximum absolute atomic E-state index is 13.7. The van der Waals surface area contributed by atoms with Crippen LogP contribution in [0.3, 0.4) is 0 Å². The summed E-state index contributed by atoms with van der Waals surface area (Å²) in [4.78, 5) is 71.2. The van der Waals surface area contributed by atoms with Gasteiger partial charge in [-0.3, -0.25) is 9.59 Å². The molecule has 6 rings (SSSR count). The Kier molecular flexibility index (Phi) is 11.6. The third-order valence-electron chi connectivity index (χ3n) is 10.9. The van der Waals surface area contributed by atoms with Gasteiger partial charge in [-0.05, 0) is 66.7 Å². The van der Waals surface area contributed by atoms with Crippen molar-refractivity contribution in [3.8, 4) is 33.6 Å². The second-order valence-electron chi connectivity index (χ2n) is 15.3. The number of rotatable bonds is 11. The van der Waals surface area contributed by atoms with Gasteiger partial charge in [-0.2, -0.15) is 0 Å².